The lowest BCUT2D eigenvalue weighted by molar-refractivity contribution is -0.139. The largest absolute Gasteiger partial charge is 0.504 e. The summed E-state index contributed by atoms with van der Waals surface area (Å²) in [5.74, 6) is -0.133. The fourth-order valence-electron chi connectivity index (χ4n) is 3.44. The van der Waals surface area contributed by atoms with Gasteiger partial charge in [-0.25, -0.2) is 9.79 Å². The molecule has 1 aliphatic heterocycles. The van der Waals surface area contributed by atoms with Gasteiger partial charge in [0.1, 0.15) is 6.04 Å². The molecule has 3 heterocycles. The first kappa shape index (κ1) is 21.1. The Balaban J connectivity index is 1.92. The molecule has 7 nitrogen and oxygen atoms in total. The smallest absolute Gasteiger partial charge is 0.338 e. The molecule has 1 aromatic carbocycles. The summed E-state index contributed by atoms with van der Waals surface area (Å²) in [6, 6.07) is 8.05. The van der Waals surface area contributed by atoms with Crippen LogP contribution in [-0.2, 0) is 9.53 Å². The maximum Gasteiger partial charge on any atom is 0.338 e. The molecule has 0 bridgehead atoms. The van der Waals surface area contributed by atoms with E-state index in [4.69, 9.17) is 9.47 Å². The lowest BCUT2D eigenvalue weighted by Crippen LogP contribution is -2.39. The Morgan fingerprint density at radius 3 is 2.84 bits per heavy atom. The van der Waals surface area contributed by atoms with Gasteiger partial charge in [0.05, 0.1) is 29.5 Å². The van der Waals surface area contributed by atoms with E-state index in [1.807, 2.05) is 17.5 Å². The standard InChI is InChI=1S/C22H20N2O5S2/c1-4-29-21(27)18-12(2)23-22-24(19(18)16-6-5-9-30-16)20(26)17(31-22)11-13-7-8-14(25)15(10-13)28-3/h5-11,19,25H,4H2,1-3H3/b17-11+. The molecule has 1 N–H and O–H groups in total. The van der Waals surface area contributed by atoms with E-state index in [1.165, 1.54) is 35.8 Å². The Labute approximate surface area is 185 Å². The van der Waals surface area contributed by atoms with Crippen LogP contribution in [0.3, 0.4) is 0 Å². The SMILES string of the molecule is CCOC(=O)C1=C(C)N=c2s/c(=C/c3ccc(O)c(OC)c3)c(=O)n2C1c1cccs1. The molecule has 160 valence electrons. The number of rotatable bonds is 5. The average molecular weight is 457 g/mol. The zero-order valence-electron chi connectivity index (χ0n) is 17.1. The highest BCUT2D eigenvalue weighted by atomic mass is 32.1. The number of ether oxygens (including phenoxy) is 2. The van der Waals surface area contributed by atoms with Crippen LogP contribution in [0.1, 0.15) is 30.3 Å². The van der Waals surface area contributed by atoms with Crippen molar-refractivity contribution in [2.45, 2.75) is 19.9 Å². The van der Waals surface area contributed by atoms with Crippen LogP contribution in [0.2, 0.25) is 0 Å². The van der Waals surface area contributed by atoms with Crippen molar-refractivity contribution in [2.75, 3.05) is 13.7 Å². The minimum absolute atomic E-state index is 0.0218. The third-order valence-corrected chi connectivity index (χ3v) is 6.74. The van der Waals surface area contributed by atoms with Crippen LogP contribution >= 0.6 is 22.7 Å². The Morgan fingerprint density at radius 1 is 1.35 bits per heavy atom. The lowest BCUT2D eigenvalue weighted by atomic mass is 10.0. The number of benzene rings is 1. The Hall–Kier alpha value is -3.17. The van der Waals surface area contributed by atoms with Gasteiger partial charge in [-0.3, -0.25) is 9.36 Å². The summed E-state index contributed by atoms with van der Waals surface area (Å²) in [4.78, 5) is 32.1. The number of fused-ring (bicyclic) bond motifs is 1. The first-order valence-electron chi connectivity index (χ1n) is 9.54. The van der Waals surface area contributed by atoms with Gasteiger partial charge in [-0.1, -0.05) is 23.5 Å². The van der Waals surface area contributed by atoms with Crippen LogP contribution in [0, 0.1) is 0 Å². The maximum absolute atomic E-state index is 13.4. The third kappa shape index (κ3) is 3.82. The van der Waals surface area contributed by atoms with Gasteiger partial charge in [0, 0.05) is 4.88 Å². The molecule has 0 saturated heterocycles. The molecule has 4 rings (SSSR count). The number of phenolic OH excluding ortho intramolecular Hbond substituents is 1. The molecule has 0 radical (unpaired) electrons. The molecule has 0 spiro atoms. The van der Waals surface area contributed by atoms with Crippen molar-refractivity contribution >= 4 is 34.7 Å². The molecule has 0 aliphatic carbocycles. The van der Waals surface area contributed by atoms with Gasteiger partial charge < -0.3 is 14.6 Å². The number of hydrogen-bond acceptors (Lipinski definition) is 8. The molecule has 2 aromatic heterocycles. The molecule has 0 amide bonds. The Kier molecular flexibility index (Phi) is 5.79. The summed E-state index contributed by atoms with van der Waals surface area (Å²) in [6.07, 6.45) is 1.72. The highest BCUT2D eigenvalue weighted by Crippen LogP contribution is 2.33. The van der Waals surface area contributed by atoms with Gasteiger partial charge in [0.25, 0.3) is 5.56 Å². The van der Waals surface area contributed by atoms with Gasteiger partial charge in [0.2, 0.25) is 0 Å². The number of phenols is 1. The molecule has 1 unspecified atom stereocenters. The van der Waals surface area contributed by atoms with Gasteiger partial charge in [-0.15, -0.1) is 11.3 Å². The minimum Gasteiger partial charge on any atom is -0.504 e. The number of methoxy groups -OCH3 is 1. The third-order valence-electron chi connectivity index (χ3n) is 4.83. The number of carbonyl (C=O) groups excluding carboxylic acids is 1. The number of nitrogens with zero attached hydrogens (tertiary/aromatic N) is 2. The van der Waals surface area contributed by atoms with Crippen LogP contribution in [-0.4, -0.2) is 29.4 Å². The van der Waals surface area contributed by atoms with Crippen molar-refractivity contribution in [1.29, 1.82) is 0 Å². The van der Waals surface area contributed by atoms with E-state index in [0.717, 1.165) is 4.88 Å². The van der Waals surface area contributed by atoms with Crippen molar-refractivity contribution in [3.05, 3.63) is 77.1 Å². The van der Waals surface area contributed by atoms with Crippen LogP contribution in [0.25, 0.3) is 6.08 Å². The van der Waals surface area contributed by atoms with E-state index < -0.39 is 12.0 Å². The zero-order valence-corrected chi connectivity index (χ0v) is 18.8. The van der Waals surface area contributed by atoms with Crippen molar-refractivity contribution in [1.82, 2.24) is 4.57 Å². The van der Waals surface area contributed by atoms with Gasteiger partial charge in [0.15, 0.2) is 16.3 Å². The van der Waals surface area contributed by atoms with Crippen molar-refractivity contribution in [2.24, 2.45) is 4.99 Å². The average Bonchev–Trinajstić information content (AvgIpc) is 3.37. The number of esters is 1. The molecule has 1 aliphatic rings. The summed E-state index contributed by atoms with van der Waals surface area (Å²) < 4.78 is 12.4. The number of thiazole rings is 1. The number of hydrogen-bond donors (Lipinski definition) is 1. The van der Waals surface area contributed by atoms with Crippen LogP contribution < -0.4 is 19.6 Å². The number of carbonyl (C=O) groups is 1. The van der Waals surface area contributed by atoms with Crippen molar-refractivity contribution < 1.29 is 19.4 Å². The second-order valence-corrected chi connectivity index (χ2v) is 8.74. The Morgan fingerprint density at radius 2 is 2.16 bits per heavy atom. The monoisotopic (exact) mass is 456 g/mol. The fraction of sp³-hybridized carbons (Fsp3) is 0.227. The van der Waals surface area contributed by atoms with Gasteiger partial charge in [-0.05, 0) is 49.1 Å². The number of aromatic nitrogens is 1. The topological polar surface area (TPSA) is 90.1 Å². The summed E-state index contributed by atoms with van der Waals surface area (Å²) in [7, 11) is 1.47. The van der Waals surface area contributed by atoms with Crippen molar-refractivity contribution in [3.63, 3.8) is 0 Å². The molecule has 9 heteroatoms. The van der Waals surface area contributed by atoms with Crippen molar-refractivity contribution in [3.8, 4) is 11.5 Å². The Bertz CT molecular complexity index is 1350. The van der Waals surface area contributed by atoms with Crippen LogP contribution in [0.15, 0.2) is 56.8 Å². The second-order valence-electron chi connectivity index (χ2n) is 6.75. The molecule has 1 atom stereocenters. The van der Waals surface area contributed by atoms with Gasteiger partial charge in [-0.2, -0.15) is 0 Å². The van der Waals surface area contributed by atoms with Gasteiger partial charge >= 0.3 is 5.97 Å². The molecular formula is C22H20N2O5S2. The van der Waals surface area contributed by atoms with E-state index in [-0.39, 0.29) is 17.9 Å². The number of allylic oxidation sites excluding steroid dienone is 1. The van der Waals surface area contributed by atoms with E-state index in [9.17, 15) is 14.7 Å². The van der Waals surface area contributed by atoms with Crippen LogP contribution in [0.5, 0.6) is 11.5 Å². The quantitative estimate of drug-likeness (QED) is 0.596. The van der Waals surface area contributed by atoms with E-state index >= 15 is 0 Å². The fourth-order valence-corrected chi connectivity index (χ4v) is 5.31. The predicted octanol–water partition coefficient (Wildman–Crippen LogP) is 2.57. The lowest BCUT2D eigenvalue weighted by Gasteiger charge is -2.23. The maximum atomic E-state index is 13.4. The summed E-state index contributed by atoms with van der Waals surface area (Å²) in [5.41, 5.74) is 1.36. The first-order chi connectivity index (χ1) is 14.9. The number of aromatic hydroxyl groups is 1. The second kappa shape index (κ2) is 8.52. The molecular weight excluding hydrogens is 436 g/mol. The molecule has 0 fully saturated rings. The summed E-state index contributed by atoms with van der Waals surface area (Å²) in [5, 5.41) is 11.7. The highest BCUT2D eigenvalue weighted by Gasteiger charge is 2.33. The summed E-state index contributed by atoms with van der Waals surface area (Å²) >= 11 is 2.72. The highest BCUT2D eigenvalue weighted by molar-refractivity contribution is 7.10. The normalized spacial score (nSPS) is 16.1. The van der Waals surface area contributed by atoms with E-state index in [0.29, 0.717) is 31.9 Å². The zero-order chi connectivity index (χ0) is 22.1. The van der Waals surface area contributed by atoms with Crippen LogP contribution in [0.4, 0.5) is 0 Å². The predicted molar refractivity (Wildman–Crippen MR) is 119 cm³/mol. The van der Waals surface area contributed by atoms with E-state index in [1.54, 1.807) is 36.6 Å². The first-order valence-corrected chi connectivity index (χ1v) is 11.2. The molecule has 0 saturated carbocycles. The molecule has 3 aromatic rings. The number of thiophene rings is 1. The van der Waals surface area contributed by atoms with E-state index in [2.05, 4.69) is 4.99 Å². The minimum atomic E-state index is -0.591. The summed E-state index contributed by atoms with van der Waals surface area (Å²) in [6.45, 7) is 3.74. The molecule has 31 heavy (non-hydrogen) atoms.